The zero-order chi connectivity index (χ0) is 18.3. The number of amides is 1. The van der Waals surface area contributed by atoms with Gasteiger partial charge >= 0.3 is 0 Å². The number of carbonyl (C=O) groups excluding carboxylic acids is 1. The largest absolute Gasteiger partial charge is 0.359 e. The van der Waals surface area contributed by atoms with Gasteiger partial charge in [-0.2, -0.15) is 0 Å². The Labute approximate surface area is 149 Å². The molecule has 3 aromatic rings. The summed E-state index contributed by atoms with van der Waals surface area (Å²) in [5, 5.41) is 2.95. The Morgan fingerprint density at radius 3 is 2.69 bits per heavy atom. The number of halogens is 2. The van der Waals surface area contributed by atoms with Gasteiger partial charge < -0.3 is 5.32 Å². The van der Waals surface area contributed by atoms with Crippen LogP contribution in [0.1, 0.15) is 27.7 Å². The van der Waals surface area contributed by atoms with Crippen molar-refractivity contribution >= 4 is 17.4 Å². The molecule has 1 N–H and O–H groups in total. The lowest BCUT2D eigenvalue weighted by Gasteiger charge is -2.26. The Morgan fingerprint density at radius 2 is 1.88 bits per heavy atom. The van der Waals surface area contributed by atoms with E-state index in [-0.39, 0.29) is 11.6 Å². The van der Waals surface area contributed by atoms with Gasteiger partial charge in [-0.15, -0.1) is 0 Å². The van der Waals surface area contributed by atoms with Crippen LogP contribution >= 0.6 is 0 Å². The molecule has 1 amide bonds. The lowest BCUT2D eigenvalue weighted by atomic mass is 10.1. The van der Waals surface area contributed by atoms with Gasteiger partial charge in [-0.3, -0.25) is 9.69 Å². The Balaban J connectivity index is 1.82. The van der Waals surface area contributed by atoms with Crippen molar-refractivity contribution in [1.82, 2.24) is 4.98 Å². The summed E-state index contributed by atoms with van der Waals surface area (Å²) in [6.07, 6.45) is 0.921. The highest BCUT2D eigenvalue weighted by atomic mass is 19.1. The van der Waals surface area contributed by atoms with Gasteiger partial charge in [-0.1, -0.05) is 18.2 Å². The average Bonchev–Trinajstić information content (AvgIpc) is 2.91. The monoisotopic (exact) mass is 351 g/mol. The van der Waals surface area contributed by atoms with E-state index in [1.54, 1.807) is 36.5 Å². The van der Waals surface area contributed by atoms with E-state index in [1.807, 2.05) is 13.0 Å². The first kappa shape index (κ1) is 16.2. The van der Waals surface area contributed by atoms with E-state index in [2.05, 4.69) is 10.3 Å². The Kier molecular flexibility index (Phi) is 3.88. The summed E-state index contributed by atoms with van der Waals surface area (Å²) in [5.41, 5.74) is 2.11. The van der Waals surface area contributed by atoms with E-state index < -0.39 is 17.8 Å². The van der Waals surface area contributed by atoms with Gasteiger partial charge in [-0.05, 0) is 42.8 Å². The molecule has 1 atom stereocenters. The number of benzene rings is 2. The summed E-state index contributed by atoms with van der Waals surface area (Å²) in [6, 6.07) is 13.8. The van der Waals surface area contributed by atoms with Crippen molar-refractivity contribution in [3.63, 3.8) is 0 Å². The highest BCUT2D eigenvalue weighted by Gasteiger charge is 2.38. The summed E-state index contributed by atoms with van der Waals surface area (Å²) in [4.78, 5) is 18.7. The van der Waals surface area contributed by atoms with Gasteiger partial charge in [-0.25, -0.2) is 13.8 Å². The number of nitrogens with zero attached hydrogens (tertiary/aromatic N) is 2. The molecule has 0 fully saturated rings. The van der Waals surface area contributed by atoms with Crippen LogP contribution in [0.4, 0.5) is 20.3 Å². The second kappa shape index (κ2) is 6.22. The van der Waals surface area contributed by atoms with Crippen LogP contribution in [0, 0.1) is 18.6 Å². The summed E-state index contributed by atoms with van der Waals surface area (Å²) in [6.45, 7) is 1.90. The SMILES string of the molecule is Cc1ccnc(N2C(=O)c3ccccc3C2Nc2cc(F)ccc2F)c1. The van der Waals surface area contributed by atoms with Crippen molar-refractivity contribution in [2.75, 3.05) is 10.2 Å². The topological polar surface area (TPSA) is 45.2 Å². The van der Waals surface area contributed by atoms with E-state index in [0.29, 0.717) is 16.9 Å². The van der Waals surface area contributed by atoms with Crippen molar-refractivity contribution in [2.45, 2.75) is 13.1 Å². The van der Waals surface area contributed by atoms with Gasteiger partial charge in [0.2, 0.25) is 0 Å². The number of carbonyl (C=O) groups is 1. The Morgan fingerprint density at radius 1 is 1.08 bits per heavy atom. The maximum absolute atomic E-state index is 14.1. The highest BCUT2D eigenvalue weighted by Crippen LogP contribution is 2.37. The van der Waals surface area contributed by atoms with Crippen LogP contribution < -0.4 is 10.2 Å². The Bertz CT molecular complexity index is 1010. The molecule has 26 heavy (non-hydrogen) atoms. The van der Waals surface area contributed by atoms with Crippen molar-refractivity contribution in [3.05, 3.63) is 89.1 Å². The zero-order valence-electron chi connectivity index (χ0n) is 13.9. The van der Waals surface area contributed by atoms with Gasteiger partial charge in [0.05, 0.1) is 5.69 Å². The fourth-order valence-corrected chi connectivity index (χ4v) is 3.10. The third-order valence-electron chi connectivity index (χ3n) is 4.33. The van der Waals surface area contributed by atoms with Gasteiger partial charge in [0, 0.05) is 23.4 Å². The number of aryl methyl sites for hydroxylation is 1. The lowest BCUT2D eigenvalue weighted by molar-refractivity contribution is 0.0992. The summed E-state index contributed by atoms with van der Waals surface area (Å²) >= 11 is 0. The molecule has 130 valence electrons. The smallest absolute Gasteiger partial charge is 0.261 e. The molecule has 1 aliphatic heterocycles. The van der Waals surface area contributed by atoms with Crippen LogP contribution in [0.2, 0.25) is 0 Å². The van der Waals surface area contributed by atoms with E-state index in [9.17, 15) is 13.6 Å². The second-order valence-electron chi connectivity index (χ2n) is 6.12. The molecule has 6 heteroatoms. The molecule has 4 nitrogen and oxygen atoms in total. The molecule has 0 saturated carbocycles. The fraction of sp³-hybridized carbons (Fsp3) is 0.100. The minimum absolute atomic E-state index is 0.0165. The standard InChI is InChI=1S/C20H15F2N3O/c1-12-8-9-23-18(10-12)25-19(14-4-2-3-5-15(14)20(25)26)24-17-11-13(21)6-7-16(17)22/h2-11,19,24H,1H3. The third-order valence-corrected chi connectivity index (χ3v) is 4.33. The molecular formula is C20H15F2N3O. The van der Waals surface area contributed by atoms with Crippen molar-refractivity contribution in [3.8, 4) is 0 Å². The van der Waals surface area contributed by atoms with Gasteiger partial charge in [0.15, 0.2) is 0 Å². The number of fused-ring (bicyclic) bond motifs is 1. The maximum Gasteiger partial charge on any atom is 0.261 e. The minimum atomic E-state index is -0.690. The fourth-order valence-electron chi connectivity index (χ4n) is 3.10. The molecule has 1 unspecified atom stereocenters. The molecule has 4 rings (SSSR count). The number of anilines is 2. The summed E-state index contributed by atoms with van der Waals surface area (Å²) in [7, 11) is 0. The zero-order valence-corrected chi connectivity index (χ0v) is 13.9. The molecule has 0 saturated heterocycles. The first-order valence-corrected chi connectivity index (χ1v) is 8.11. The van der Waals surface area contributed by atoms with Crippen LogP contribution in [0.3, 0.4) is 0 Å². The first-order chi connectivity index (χ1) is 12.5. The van der Waals surface area contributed by atoms with E-state index >= 15 is 0 Å². The number of hydrogen-bond acceptors (Lipinski definition) is 3. The minimum Gasteiger partial charge on any atom is -0.359 e. The number of nitrogens with one attached hydrogen (secondary N) is 1. The van der Waals surface area contributed by atoms with Crippen LogP contribution in [0.15, 0.2) is 60.8 Å². The predicted molar refractivity (Wildman–Crippen MR) is 94.9 cm³/mol. The average molecular weight is 351 g/mol. The summed E-state index contributed by atoms with van der Waals surface area (Å²) in [5.74, 6) is -0.958. The highest BCUT2D eigenvalue weighted by molar-refractivity contribution is 6.11. The number of pyridine rings is 1. The maximum atomic E-state index is 14.1. The second-order valence-corrected chi connectivity index (χ2v) is 6.12. The molecule has 0 spiro atoms. The Hall–Kier alpha value is -3.28. The molecule has 2 heterocycles. The van der Waals surface area contributed by atoms with Crippen LogP contribution in [-0.2, 0) is 0 Å². The molecule has 1 aromatic heterocycles. The van der Waals surface area contributed by atoms with E-state index in [1.165, 1.54) is 4.90 Å². The van der Waals surface area contributed by atoms with Crippen molar-refractivity contribution < 1.29 is 13.6 Å². The van der Waals surface area contributed by atoms with Gasteiger partial charge in [0.1, 0.15) is 23.6 Å². The van der Waals surface area contributed by atoms with Crippen LogP contribution in [0.5, 0.6) is 0 Å². The van der Waals surface area contributed by atoms with Crippen molar-refractivity contribution in [1.29, 1.82) is 0 Å². The normalized spacial score (nSPS) is 15.9. The molecule has 0 aliphatic carbocycles. The lowest BCUT2D eigenvalue weighted by Crippen LogP contribution is -2.33. The quantitative estimate of drug-likeness (QED) is 0.759. The number of hydrogen-bond donors (Lipinski definition) is 1. The van der Waals surface area contributed by atoms with E-state index in [0.717, 1.165) is 23.8 Å². The molecule has 2 aromatic carbocycles. The number of aromatic nitrogens is 1. The third kappa shape index (κ3) is 2.69. The predicted octanol–water partition coefficient (Wildman–Crippen LogP) is 4.44. The number of rotatable bonds is 3. The van der Waals surface area contributed by atoms with Crippen LogP contribution in [-0.4, -0.2) is 10.9 Å². The molecular weight excluding hydrogens is 336 g/mol. The van der Waals surface area contributed by atoms with Crippen LogP contribution in [0.25, 0.3) is 0 Å². The molecule has 0 radical (unpaired) electrons. The molecule has 0 bridgehead atoms. The molecule has 1 aliphatic rings. The van der Waals surface area contributed by atoms with Gasteiger partial charge in [0.25, 0.3) is 5.91 Å². The van der Waals surface area contributed by atoms with E-state index in [4.69, 9.17) is 0 Å². The first-order valence-electron chi connectivity index (χ1n) is 8.11. The van der Waals surface area contributed by atoms with Crippen molar-refractivity contribution in [2.24, 2.45) is 0 Å². The summed E-state index contributed by atoms with van der Waals surface area (Å²) < 4.78 is 27.7.